The molecule has 8 aromatic carbocycles. The lowest BCUT2D eigenvalue weighted by molar-refractivity contribution is 1.28. The predicted molar refractivity (Wildman–Crippen MR) is 205 cm³/mol. The van der Waals surface area contributed by atoms with E-state index < -0.39 is 10.0 Å². The van der Waals surface area contributed by atoms with Crippen LogP contribution in [0.1, 0.15) is 6.92 Å². The Hall–Kier alpha value is -5.31. The predicted octanol–water partition coefficient (Wildman–Crippen LogP) is 13.1. The zero-order chi connectivity index (χ0) is 31.5. The van der Waals surface area contributed by atoms with Crippen molar-refractivity contribution in [3.05, 3.63) is 164 Å². The van der Waals surface area contributed by atoms with Gasteiger partial charge in [0.05, 0.1) is 0 Å². The quantitative estimate of drug-likeness (QED) is 0.173. The van der Waals surface area contributed by atoms with E-state index in [9.17, 15) is 0 Å². The van der Waals surface area contributed by atoms with E-state index in [1.165, 1.54) is 64.4 Å². The molecule has 0 spiro atoms. The lowest BCUT2D eigenvalue weighted by atomic mass is 9.90. The van der Waals surface area contributed by atoms with Gasteiger partial charge in [0, 0.05) is 26.9 Å². The Balaban J connectivity index is 1.20. The van der Waals surface area contributed by atoms with E-state index in [-0.39, 0.29) is 0 Å². The average molecular weight is 622 g/mol. The maximum absolute atomic E-state index is 2.55. The van der Waals surface area contributed by atoms with Crippen molar-refractivity contribution in [3.8, 4) is 22.3 Å². The smallest absolute Gasteiger partial charge is 0.0462 e. The van der Waals surface area contributed by atoms with Gasteiger partial charge in [-0.2, -0.15) is 10.0 Å². The first-order valence-electron chi connectivity index (χ1n) is 16.4. The molecular formula is C45H35NS. The van der Waals surface area contributed by atoms with Gasteiger partial charge < -0.3 is 4.90 Å². The van der Waals surface area contributed by atoms with Gasteiger partial charge in [0.2, 0.25) is 0 Å². The molecule has 1 nitrogen and oxygen atoms in total. The maximum atomic E-state index is 2.55. The highest BCUT2D eigenvalue weighted by Crippen LogP contribution is 2.69. The van der Waals surface area contributed by atoms with Gasteiger partial charge in [0.1, 0.15) is 0 Å². The lowest BCUT2D eigenvalue weighted by Crippen LogP contribution is -2.09. The van der Waals surface area contributed by atoms with Crippen molar-refractivity contribution in [3.63, 3.8) is 0 Å². The molecule has 2 heteroatoms. The summed E-state index contributed by atoms with van der Waals surface area (Å²) in [6, 6.07) is 60.4. The SMILES string of the molecule is CCS1(C)c2ccccc2-c2cc3c4ccccc4c4cc(-c5ccc(N(c6ccccc6)c6ccccc6)cc5)ccc4c3cc21. The van der Waals surface area contributed by atoms with Crippen LogP contribution in [0.4, 0.5) is 17.1 Å². The summed E-state index contributed by atoms with van der Waals surface area (Å²) in [6.07, 6.45) is 2.51. The molecule has 0 aliphatic carbocycles. The minimum Gasteiger partial charge on any atom is -0.311 e. The minimum atomic E-state index is -1.08. The fourth-order valence-corrected chi connectivity index (χ4v) is 10.6. The van der Waals surface area contributed by atoms with Crippen LogP contribution < -0.4 is 4.90 Å². The largest absolute Gasteiger partial charge is 0.311 e. The Bertz CT molecular complexity index is 2410. The summed E-state index contributed by atoms with van der Waals surface area (Å²) in [5, 5.41) is 7.98. The number of hydrogen-bond acceptors (Lipinski definition) is 1. The number of hydrogen-bond donors (Lipinski definition) is 0. The molecule has 0 bridgehead atoms. The van der Waals surface area contributed by atoms with Gasteiger partial charge in [0.15, 0.2) is 0 Å². The van der Waals surface area contributed by atoms with Gasteiger partial charge in [-0.05, 0) is 127 Å². The molecular weight excluding hydrogens is 587 g/mol. The number of fused-ring (bicyclic) bond motifs is 9. The van der Waals surface area contributed by atoms with E-state index in [1.54, 1.807) is 0 Å². The van der Waals surface area contributed by atoms with Crippen LogP contribution in [0.3, 0.4) is 0 Å². The number of para-hydroxylation sites is 2. The number of benzene rings is 8. The summed E-state index contributed by atoms with van der Waals surface area (Å²) >= 11 is 0. The second kappa shape index (κ2) is 10.9. The summed E-state index contributed by atoms with van der Waals surface area (Å²) in [4.78, 5) is 5.38. The van der Waals surface area contributed by atoms with E-state index in [1.807, 2.05) is 0 Å². The molecule has 1 atom stereocenters. The molecule has 1 unspecified atom stereocenters. The van der Waals surface area contributed by atoms with Gasteiger partial charge in [-0.15, -0.1) is 0 Å². The monoisotopic (exact) mass is 621 g/mol. The summed E-state index contributed by atoms with van der Waals surface area (Å²) in [7, 11) is -1.08. The van der Waals surface area contributed by atoms with Crippen molar-refractivity contribution in [2.75, 3.05) is 16.9 Å². The molecule has 1 aliphatic rings. The van der Waals surface area contributed by atoms with Crippen molar-refractivity contribution < 1.29 is 0 Å². The molecule has 1 heterocycles. The number of rotatable bonds is 5. The second-order valence-corrected chi connectivity index (χ2v) is 16.3. The van der Waals surface area contributed by atoms with Crippen LogP contribution in [0.25, 0.3) is 54.6 Å². The standard InChI is InChI=1S/C45H35NS/c1-3-47(2)44-21-13-12-20-39(44)43-29-41-37-19-11-10-18-36(37)40-28-32(24-27-38(40)42(41)30-45(43)47)31-22-25-35(26-23-31)46(33-14-6-4-7-15-33)34-16-8-5-9-17-34/h4-30H,3H2,1-2H3. The van der Waals surface area contributed by atoms with Crippen molar-refractivity contribution in [2.24, 2.45) is 0 Å². The molecule has 8 aromatic rings. The Morgan fingerprint density at radius 1 is 0.404 bits per heavy atom. The highest BCUT2D eigenvalue weighted by molar-refractivity contribution is 8.33. The van der Waals surface area contributed by atoms with Crippen LogP contribution in [-0.4, -0.2) is 12.0 Å². The van der Waals surface area contributed by atoms with Gasteiger partial charge in [-0.3, -0.25) is 0 Å². The average Bonchev–Trinajstić information content (AvgIpc) is 3.39. The number of anilines is 3. The van der Waals surface area contributed by atoms with Gasteiger partial charge in [-0.25, -0.2) is 0 Å². The zero-order valence-electron chi connectivity index (χ0n) is 26.7. The first-order chi connectivity index (χ1) is 23.1. The van der Waals surface area contributed by atoms with Gasteiger partial charge in [0.25, 0.3) is 0 Å². The van der Waals surface area contributed by atoms with E-state index in [0.29, 0.717) is 0 Å². The van der Waals surface area contributed by atoms with E-state index >= 15 is 0 Å². The molecule has 0 fully saturated rings. The third-order valence-electron chi connectivity index (χ3n) is 10.1. The summed E-state index contributed by atoms with van der Waals surface area (Å²) in [5.74, 6) is 1.15. The first kappa shape index (κ1) is 28.0. The molecule has 0 saturated heterocycles. The van der Waals surface area contributed by atoms with Crippen LogP contribution in [0.5, 0.6) is 0 Å². The zero-order valence-corrected chi connectivity index (χ0v) is 27.5. The van der Waals surface area contributed by atoms with Crippen molar-refractivity contribution in [1.29, 1.82) is 0 Å². The number of nitrogens with zero attached hydrogens (tertiary/aromatic N) is 1. The van der Waals surface area contributed by atoms with Crippen molar-refractivity contribution in [2.45, 2.75) is 16.7 Å². The van der Waals surface area contributed by atoms with E-state index in [0.717, 1.165) is 22.8 Å². The molecule has 0 N–H and O–H groups in total. The van der Waals surface area contributed by atoms with Crippen LogP contribution in [0, 0.1) is 0 Å². The summed E-state index contributed by atoms with van der Waals surface area (Å²) < 4.78 is 0. The molecule has 0 amide bonds. The Morgan fingerprint density at radius 3 is 1.57 bits per heavy atom. The van der Waals surface area contributed by atoms with Crippen molar-refractivity contribution in [1.82, 2.24) is 0 Å². The third-order valence-corrected chi connectivity index (χ3v) is 13.9. The Morgan fingerprint density at radius 2 is 0.915 bits per heavy atom. The fourth-order valence-electron chi connectivity index (χ4n) is 7.66. The van der Waals surface area contributed by atoms with E-state index in [2.05, 4.69) is 182 Å². The van der Waals surface area contributed by atoms with Crippen LogP contribution in [0.2, 0.25) is 0 Å². The maximum Gasteiger partial charge on any atom is 0.0462 e. The van der Waals surface area contributed by atoms with Gasteiger partial charge >= 0.3 is 0 Å². The Labute approximate surface area is 278 Å². The van der Waals surface area contributed by atoms with Crippen LogP contribution >= 0.6 is 10.0 Å². The molecule has 47 heavy (non-hydrogen) atoms. The second-order valence-electron chi connectivity index (χ2n) is 12.6. The first-order valence-corrected chi connectivity index (χ1v) is 18.6. The highest BCUT2D eigenvalue weighted by atomic mass is 32.3. The van der Waals surface area contributed by atoms with E-state index in [4.69, 9.17) is 0 Å². The lowest BCUT2D eigenvalue weighted by Gasteiger charge is -2.32. The minimum absolute atomic E-state index is 1.08. The van der Waals surface area contributed by atoms with Crippen LogP contribution in [0.15, 0.2) is 174 Å². The van der Waals surface area contributed by atoms with Gasteiger partial charge in [-0.1, -0.05) is 110 Å². The molecule has 226 valence electrons. The molecule has 0 radical (unpaired) electrons. The summed E-state index contributed by atoms with van der Waals surface area (Å²) in [6.45, 7) is 2.36. The van der Waals surface area contributed by atoms with Crippen LogP contribution in [-0.2, 0) is 0 Å². The highest BCUT2D eigenvalue weighted by Gasteiger charge is 2.34. The fraction of sp³-hybridized carbons (Fsp3) is 0.0667. The Kier molecular flexibility index (Phi) is 6.48. The third kappa shape index (κ3) is 4.32. The molecule has 0 saturated carbocycles. The molecule has 0 aromatic heterocycles. The van der Waals surface area contributed by atoms with Crippen molar-refractivity contribution >= 4 is 59.4 Å². The molecule has 1 aliphatic heterocycles. The summed E-state index contributed by atoms with van der Waals surface area (Å²) in [5.41, 5.74) is 8.72. The topological polar surface area (TPSA) is 3.24 Å². The normalized spacial score (nSPS) is 16.6. The molecule has 9 rings (SSSR count).